The predicted molar refractivity (Wildman–Crippen MR) is 110 cm³/mol. The quantitative estimate of drug-likeness (QED) is 0.532. The van der Waals surface area contributed by atoms with Crippen LogP contribution >= 0.6 is 0 Å². The summed E-state index contributed by atoms with van der Waals surface area (Å²) in [5.74, 6) is 0.0370. The van der Waals surface area contributed by atoms with E-state index in [2.05, 4.69) is 10.1 Å². The van der Waals surface area contributed by atoms with Crippen molar-refractivity contribution in [3.05, 3.63) is 53.5 Å². The third kappa shape index (κ3) is 4.62. The molecule has 4 rings (SSSR count). The van der Waals surface area contributed by atoms with Crippen molar-refractivity contribution in [2.45, 2.75) is 31.5 Å². The summed E-state index contributed by atoms with van der Waals surface area (Å²) in [7, 11) is -1.57. The first kappa shape index (κ1) is 22.3. The molecular formula is C21H20F3N3O4S. The Labute approximate surface area is 182 Å². The molecule has 170 valence electrons. The van der Waals surface area contributed by atoms with Gasteiger partial charge in [0.15, 0.2) is 5.78 Å². The Bertz CT molecular complexity index is 1270. The van der Waals surface area contributed by atoms with Crippen molar-refractivity contribution in [2.24, 2.45) is 0 Å². The van der Waals surface area contributed by atoms with Crippen molar-refractivity contribution in [3.8, 4) is 5.75 Å². The molecule has 11 heteroatoms. The zero-order valence-corrected chi connectivity index (χ0v) is 17.9. The lowest BCUT2D eigenvalue weighted by Crippen LogP contribution is -2.25. The maximum absolute atomic E-state index is 12.9. The average molecular weight is 467 g/mol. The van der Waals surface area contributed by atoms with E-state index in [4.69, 9.17) is 4.74 Å². The Balaban J connectivity index is 1.61. The van der Waals surface area contributed by atoms with Crippen molar-refractivity contribution in [1.29, 1.82) is 0 Å². The highest BCUT2D eigenvalue weighted by molar-refractivity contribution is 7.91. The van der Waals surface area contributed by atoms with E-state index < -0.39 is 27.5 Å². The number of hydrogen-bond donors (Lipinski definition) is 0. The number of halogens is 3. The number of nitrogens with zero attached hydrogens (tertiary/aromatic N) is 3. The van der Waals surface area contributed by atoms with Crippen LogP contribution in [0.25, 0.3) is 10.9 Å². The summed E-state index contributed by atoms with van der Waals surface area (Å²) in [6.07, 6.45) is -2.10. The maximum Gasteiger partial charge on any atom is 0.433 e. The fourth-order valence-corrected chi connectivity index (χ4v) is 5.25. The second kappa shape index (κ2) is 8.19. The molecule has 0 radical (unpaired) electrons. The van der Waals surface area contributed by atoms with E-state index in [1.54, 1.807) is 23.0 Å². The number of aromatic nitrogens is 3. The van der Waals surface area contributed by atoms with E-state index in [0.29, 0.717) is 29.7 Å². The highest BCUT2D eigenvalue weighted by Gasteiger charge is 2.33. The molecule has 1 aliphatic heterocycles. The van der Waals surface area contributed by atoms with Gasteiger partial charge in [0.25, 0.3) is 0 Å². The van der Waals surface area contributed by atoms with E-state index in [0.717, 1.165) is 17.5 Å². The first-order valence-corrected chi connectivity index (χ1v) is 11.7. The van der Waals surface area contributed by atoms with Crippen LogP contribution in [0.2, 0.25) is 0 Å². The lowest BCUT2D eigenvalue weighted by atomic mass is 10.0. The molecule has 0 N–H and O–H groups in total. The molecule has 0 spiro atoms. The van der Waals surface area contributed by atoms with Crippen LogP contribution in [0.4, 0.5) is 13.2 Å². The molecule has 2 aromatic heterocycles. The van der Waals surface area contributed by atoms with Crippen LogP contribution in [0, 0.1) is 0 Å². The summed E-state index contributed by atoms with van der Waals surface area (Å²) >= 11 is 0. The van der Waals surface area contributed by atoms with E-state index in [1.807, 2.05) is 0 Å². The van der Waals surface area contributed by atoms with Crippen molar-refractivity contribution < 1.29 is 31.1 Å². The first-order valence-electron chi connectivity index (χ1n) is 9.89. The van der Waals surface area contributed by atoms with Crippen LogP contribution in [0.5, 0.6) is 5.75 Å². The smallest absolute Gasteiger partial charge is 0.433 e. The van der Waals surface area contributed by atoms with Crippen LogP contribution in [0.1, 0.15) is 40.6 Å². The van der Waals surface area contributed by atoms with Gasteiger partial charge in [-0.05, 0) is 31.0 Å². The summed E-state index contributed by atoms with van der Waals surface area (Å²) in [6, 6.07) is 6.54. The van der Waals surface area contributed by atoms with Crippen molar-refractivity contribution in [3.63, 3.8) is 0 Å². The molecule has 0 saturated carbocycles. The Morgan fingerprint density at radius 1 is 1.22 bits per heavy atom. The monoisotopic (exact) mass is 467 g/mol. The average Bonchev–Trinajstić information content (AvgIpc) is 3.15. The number of rotatable bonds is 5. The number of benzene rings is 1. The fourth-order valence-electron chi connectivity index (χ4n) is 3.79. The molecule has 0 atom stereocenters. The SMILES string of the molecule is COc1cc2nn(C3CCS(=O)(=O)CC3)cc2cc1CC(=O)c1cccc(C(F)(F)F)n1. The number of ketones is 1. The van der Waals surface area contributed by atoms with Crippen LogP contribution in [-0.4, -0.2) is 47.6 Å². The number of sulfone groups is 1. The number of Topliss-reactive ketones (excluding diaryl/α,β-unsaturated/α-hetero) is 1. The largest absolute Gasteiger partial charge is 0.496 e. The topological polar surface area (TPSA) is 91.2 Å². The van der Waals surface area contributed by atoms with Gasteiger partial charge >= 0.3 is 6.18 Å². The van der Waals surface area contributed by atoms with Crippen LogP contribution in [-0.2, 0) is 22.4 Å². The predicted octanol–water partition coefficient (Wildman–Crippen LogP) is 3.63. The minimum Gasteiger partial charge on any atom is -0.496 e. The second-order valence-electron chi connectivity index (χ2n) is 7.72. The Morgan fingerprint density at radius 3 is 2.59 bits per heavy atom. The van der Waals surface area contributed by atoms with Gasteiger partial charge in [-0.1, -0.05) is 6.07 Å². The van der Waals surface area contributed by atoms with Gasteiger partial charge in [-0.3, -0.25) is 9.48 Å². The van der Waals surface area contributed by atoms with Gasteiger partial charge in [0, 0.05) is 29.6 Å². The highest BCUT2D eigenvalue weighted by Crippen LogP contribution is 2.31. The third-order valence-corrected chi connectivity index (χ3v) is 7.21. The summed E-state index contributed by atoms with van der Waals surface area (Å²) in [4.78, 5) is 16.1. The summed E-state index contributed by atoms with van der Waals surface area (Å²) in [6.45, 7) is 0. The van der Waals surface area contributed by atoms with Crippen LogP contribution in [0.3, 0.4) is 0 Å². The minimum atomic E-state index is -4.64. The summed E-state index contributed by atoms with van der Waals surface area (Å²) in [5.41, 5.74) is -0.290. The van der Waals surface area contributed by atoms with Crippen molar-refractivity contribution in [1.82, 2.24) is 14.8 Å². The van der Waals surface area contributed by atoms with Gasteiger partial charge in [-0.2, -0.15) is 18.3 Å². The minimum absolute atomic E-state index is 0.0451. The number of ether oxygens (including phenoxy) is 1. The fraction of sp³-hybridized carbons (Fsp3) is 0.381. The lowest BCUT2D eigenvalue weighted by molar-refractivity contribution is -0.141. The molecule has 0 unspecified atom stereocenters. The molecule has 7 nitrogen and oxygen atoms in total. The third-order valence-electron chi connectivity index (χ3n) is 5.50. The van der Waals surface area contributed by atoms with Crippen molar-refractivity contribution in [2.75, 3.05) is 18.6 Å². The van der Waals surface area contributed by atoms with Crippen molar-refractivity contribution >= 4 is 26.5 Å². The standard InChI is InChI=1S/C21H20F3N3O4S/c1-31-19-11-17-14(12-27(26-17)15-5-7-32(29,30)8-6-15)9-13(19)10-18(28)16-3-2-4-20(25-16)21(22,23)24/h2-4,9,11-12,15H,5-8,10H2,1H3. The molecule has 1 saturated heterocycles. The molecule has 0 amide bonds. The number of methoxy groups -OCH3 is 1. The number of alkyl halides is 3. The summed E-state index contributed by atoms with van der Waals surface area (Å²) in [5, 5.41) is 5.25. The number of carbonyl (C=O) groups is 1. The molecule has 0 aliphatic carbocycles. The maximum atomic E-state index is 12.9. The number of fused-ring (bicyclic) bond motifs is 1. The molecular weight excluding hydrogens is 447 g/mol. The number of pyridine rings is 1. The number of hydrogen-bond acceptors (Lipinski definition) is 6. The molecule has 3 aromatic rings. The van der Waals surface area contributed by atoms with Gasteiger partial charge in [0.2, 0.25) is 0 Å². The van der Waals surface area contributed by atoms with E-state index in [1.165, 1.54) is 13.2 Å². The van der Waals surface area contributed by atoms with E-state index in [9.17, 15) is 26.4 Å². The lowest BCUT2D eigenvalue weighted by Gasteiger charge is -2.22. The van der Waals surface area contributed by atoms with Gasteiger partial charge in [-0.25, -0.2) is 13.4 Å². The van der Waals surface area contributed by atoms with E-state index >= 15 is 0 Å². The molecule has 32 heavy (non-hydrogen) atoms. The Morgan fingerprint density at radius 2 is 1.94 bits per heavy atom. The molecule has 1 aliphatic rings. The zero-order valence-electron chi connectivity index (χ0n) is 17.1. The summed E-state index contributed by atoms with van der Waals surface area (Å²) < 4.78 is 69.2. The molecule has 0 bridgehead atoms. The van der Waals surface area contributed by atoms with Crippen LogP contribution in [0.15, 0.2) is 36.5 Å². The second-order valence-corrected chi connectivity index (χ2v) is 10.0. The van der Waals surface area contributed by atoms with Gasteiger partial charge in [0.1, 0.15) is 27.0 Å². The molecule has 3 heterocycles. The van der Waals surface area contributed by atoms with E-state index in [-0.39, 0.29) is 29.7 Å². The first-order chi connectivity index (χ1) is 15.1. The van der Waals surface area contributed by atoms with Crippen LogP contribution < -0.4 is 4.74 Å². The van der Waals surface area contributed by atoms with Gasteiger partial charge in [0.05, 0.1) is 30.2 Å². The highest BCUT2D eigenvalue weighted by atomic mass is 32.2. The Hall–Kier alpha value is -2.95. The molecule has 1 aromatic carbocycles. The molecule has 1 fully saturated rings. The zero-order chi connectivity index (χ0) is 23.1. The van der Waals surface area contributed by atoms with Gasteiger partial charge < -0.3 is 4.74 Å². The normalized spacial score (nSPS) is 16.9. The number of carbonyl (C=O) groups excluding carboxylic acids is 1. The van der Waals surface area contributed by atoms with Gasteiger partial charge in [-0.15, -0.1) is 0 Å². The Kier molecular flexibility index (Phi) is 5.70.